The monoisotopic (exact) mass is 391 g/mol. The van der Waals surface area contributed by atoms with Crippen molar-refractivity contribution in [1.82, 2.24) is 9.97 Å². The van der Waals surface area contributed by atoms with Crippen LogP contribution in [-0.2, 0) is 0 Å². The van der Waals surface area contributed by atoms with Gasteiger partial charge in [-0.15, -0.1) is 0 Å². The molecule has 5 rings (SSSR count). The van der Waals surface area contributed by atoms with Crippen LogP contribution in [0.25, 0.3) is 11.1 Å². The molecule has 1 aliphatic carbocycles. The van der Waals surface area contributed by atoms with E-state index in [1.807, 2.05) is 37.3 Å². The molecular formula is C23H22FN3O2. The van der Waals surface area contributed by atoms with E-state index in [1.54, 1.807) is 12.3 Å². The Labute approximate surface area is 168 Å². The number of benzene rings is 1. The Morgan fingerprint density at radius 3 is 2.90 bits per heavy atom. The third-order valence-corrected chi connectivity index (χ3v) is 5.56. The number of aryl methyl sites for hydroxylation is 1. The maximum Gasteiger partial charge on any atom is 0.219 e. The smallest absolute Gasteiger partial charge is 0.219 e. The summed E-state index contributed by atoms with van der Waals surface area (Å²) in [6, 6.07) is 11.1. The highest BCUT2D eigenvalue weighted by Crippen LogP contribution is 2.45. The molecule has 1 N–H and O–H groups in total. The number of rotatable bonds is 4. The molecule has 0 spiro atoms. The molecule has 0 amide bonds. The normalized spacial score (nSPS) is 15.7. The molecule has 6 heteroatoms. The van der Waals surface area contributed by atoms with Gasteiger partial charge < -0.3 is 14.8 Å². The molecule has 0 saturated heterocycles. The Kier molecular flexibility index (Phi) is 4.54. The fraction of sp³-hybridized carbons (Fsp3) is 0.304. The van der Waals surface area contributed by atoms with Crippen molar-refractivity contribution < 1.29 is 13.9 Å². The molecule has 0 radical (unpaired) electrons. The minimum Gasteiger partial charge on any atom is -0.488 e. The molecule has 1 fully saturated rings. The zero-order valence-electron chi connectivity index (χ0n) is 16.2. The van der Waals surface area contributed by atoms with Gasteiger partial charge in [-0.3, -0.25) is 0 Å². The van der Waals surface area contributed by atoms with E-state index in [9.17, 15) is 0 Å². The zero-order chi connectivity index (χ0) is 19.8. The Morgan fingerprint density at radius 1 is 1.21 bits per heavy atom. The van der Waals surface area contributed by atoms with Crippen molar-refractivity contribution in [2.45, 2.75) is 32.1 Å². The van der Waals surface area contributed by atoms with Crippen LogP contribution in [0, 0.1) is 12.7 Å². The first-order chi connectivity index (χ1) is 14.2. The van der Waals surface area contributed by atoms with Crippen molar-refractivity contribution in [3.63, 3.8) is 0 Å². The summed E-state index contributed by atoms with van der Waals surface area (Å²) in [5, 5.41) is 3.18. The Morgan fingerprint density at radius 2 is 2.10 bits per heavy atom. The molecule has 0 unspecified atom stereocenters. The van der Waals surface area contributed by atoms with Crippen molar-refractivity contribution in [3.05, 3.63) is 59.7 Å². The minimum atomic E-state index is -0.386. The first-order valence-electron chi connectivity index (χ1n) is 10.00. The van der Waals surface area contributed by atoms with Crippen LogP contribution in [0.5, 0.6) is 17.4 Å². The predicted molar refractivity (Wildman–Crippen MR) is 109 cm³/mol. The van der Waals surface area contributed by atoms with Crippen molar-refractivity contribution >= 4 is 5.82 Å². The van der Waals surface area contributed by atoms with Gasteiger partial charge in [0.15, 0.2) is 23.1 Å². The number of nitrogens with one attached hydrogen (secondary N) is 1. The number of hydrogen-bond acceptors (Lipinski definition) is 5. The standard InChI is InChI=1S/C23H22FN3O2/c1-14-4-2-7-20(27-14)29-22-18(15-5-3-6-15)9-8-17(21(22)24)16-12-19-23(26-13-16)25-10-11-28-19/h2,4,7-9,12-13,15H,3,5-6,10-11H2,1H3,(H,25,26). The molecule has 2 aromatic heterocycles. The third kappa shape index (κ3) is 3.39. The number of anilines is 1. The first kappa shape index (κ1) is 17.9. The summed E-state index contributed by atoms with van der Waals surface area (Å²) in [7, 11) is 0. The van der Waals surface area contributed by atoms with Gasteiger partial charge in [-0.05, 0) is 37.8 Å². The molecule has 0 atom stereocenters. The van der Waals surface area contributed by atoms with Gasteiger partial charge in [0, 0.05) is 34.6 Å². The van der Waals surface area contributed by atoms with E-state index in [0.29, 0.717) is 47.6 Å². The van der Waals surface area contributed by atoms with E-state index < -0.39 is 0 Å². The Balaban J connectivity index is 1.58. The summed E-state index contributed by atoms with van der Waals surface area (Å²) in [5.41, 5.74) is 2.84. The molecule has 5 nitrogen and oxygen atoms in total. The Hall–Kier alpha value is -3.15. The lowest BCUT2D eigenvalue weighted by Crippen LogP contribution is -2.19. The van der Waals surface area contributed by atoms with Crippen LogP contribution in [0.2, 0.25) is 0 Å². The van der Waals surface area contributed by atoms with Crippen LogP contribution in [0.15, 0.2) is 42.6 Å². The lowest BCUT2D eigenvalue weighted by molar-refractivity contribution is 0.321. The number of nitrogens with zero attached hydrogens (tertiary/aromatic N) is 2. The molecule has 1 aromatic carbocycles. The molecule has 148 valence electrons. The van der Waals surface area contributed by atoms with Gasteiger partial charge in [-0.25, -0.2) is 14.4 Å². The van der Waals surface area contributed by atoms with Crippen LogP contribution in [0.4, 0.5) is 10.2 Å². The predicted octanol–water partition coefficient (Wildman–Crippen LogP) is 5.46. The average Bonchev–Trinajstić information content (AvgIpc) is 2.69. The number of pyridine rings is 2. The second kappa shape index (κ2) is 7.35. The largest absolute Gasteiger partial charge is 0.488 e. The van der Waals surface area contributed by atoms with Crippen molar-refractivity contribution in [2.75, 3.05) is 18.5 Å². The molecule has 1 saturated carbocycles. The number of halogens is 1. The SMILES string of the molecule is Cc1cccc(Oc2c(C3CCC3)ccc(-c3cnc4c(c3)OCCN4)c2F)n1. The van der Waals surface area contributed by atoms with E-state index in [1.165, 1.54) is 0 Å². The molecule has 2 aliphatic rings. The van der Waals surface area contributed by atoms with Crippen molar-refractivity contribution in [2.24, 2.45) is 0 Å². The third-order valence-electron chi connectivity index (χ3n) is 5.56. The second-order valence-corrected chi connectivity index (χ2v) is 7.54. The summed E-state index contributed by atoms with van der Waals surface area (Å²) < 4.78 is 27.4. The number of fused-ring (bicyclic) bond motifs is 1. The highest BCUT2D eigenvalue weighted by molar-refractivity contribution is 5.71. The average molecular weight is 391 g/mol. The topological polar surface area (TPSA) is 56.3 Å². The van der Waals surface area contributed by atoms with Crippen LogP contribution < -0.4 is 14.8 Å². The van der Waals surface area contributed by atoms with Gasteiger partial charge in [-0.1, -0.05) is 24.6 Å². The molecule has 0 bridgehead atoms. The lowest BCUT2D eigenvalue weighted by Gasteiger charge is -2.28. The molecule has 3 heterocycles. The maximum absolute atomic E-state index is 15.7. The van der Waals surface area contributed by atoms with Crippen molar-refractivity contribution in [3.8, 4) is 28.5 Å². The fourth-order valence-corrected chi connectivity index (χ4v) is 3.78. The summed E-state index contributed by atoms with van der Waals surface area (Å²) in [6.07, 6.45) is 4.93. The maximum atomic E-state index is 15.7. The quantitative estimate of drug-likeness (QED) is 0.640. The van der Waals surface area contributed by atoms with E-state index in [4.69, 9.17) is 9.47 Å². The number of aromatic nitrogens is 2. The Bertz CT molecular complexity index is 1070. The van der Waals surface area contributed by atoms with Gasteiger partial charge in [0.2, 0.25) is 5.88 Å². The first-order valence-corrected chi connectivity index (χ1v) is 10.00. The van der Waals surface area contributed by atoms with Crippen LogP contribution in [0.1, 0.15) is 36.4 Å². The van der Waals surface area contributed by atoms with Gasteiger partial charge in [0.1, 0.15) is 6.61 Å². The van der Waals surface area contributed by atoms with Gasteiger partial charge >= 0.3 is 0 Å². The minimum absolute atomic E-state index is 0.266. The van der Waals surface area contributed by atoms with Crippen LogP contribution in [-0.4, -0.2) is 23.1 Å². The summed E-state index contributed by atoms with van der Waals surface area (Å²) in [5.74, 6) is 1.93. The zero-order valence-corrected chi connectivity index (χ0v) is 16.2. The summed E-state index contributed by atoms with van der Waals surface area (Å²) >= 11 is 0. The van der Waals surface area contributed by atoms with E-state index in [0.717, 1.165) is 30.5 Å². The van der Waals surface area contributed by atoms with Gasteiger partial charge in [0.25, 0.3) is 0 Å². The van der Waals surface area contributed by atoms with Gasteiger partial charge in [0.05, 0.1) is 6.54 Å². The lowest BCUT2D eigenvalue weighted by atomic mass is 9.79. The van der Waals surface area contributed by atoms with E-state index in [2.05, 4.69) is 15.3 Å². The van der Waals surface area contributed by atoms with Gasteiger partial charge in [-0.2, -0.15) is 0 Å². The van der Waals surface area contributed by atoms with Crippen molar-refractivity contribution in [1.29, 1.82) is 0 Å². The molecule has 1 aliphatic heterocycles. The highest BCUT2D eigenvalue weighted by Gasteiger charge is 2.27. The summed E-state index contributed by atoms with van der Waals surface area (Å²) in [4.78, 5) is 8.78. The molecular weight excluding hydrogens is 369 g/mol. The summed E-state index contributed by atoms with van der Waals surface area (Å²) in [6.45, 7) is 3.17. The highest BCUT2D eigenvalue weighted by atomic mass is 19.1. The van der Waals surface area contributed by atoms with E-state index >= 15 is 4.39 Å². The fourth-order valence-electron chi connectivity index (χ4n) is 3.78. The second-order valence-electron chi connectivity index (χ2n) is 7.54. The van der Waals surface area contributed by atoms with E-state index in [-0.39, 0.29) is 11.6 Å². The number of ether oxygens (including phenoxy) is 2. The molecule has 29 heavy (non-hydrogen) atoms. The van der Waals surface area contributed by atoms with Crippen LogP contribution >= 0.6 is 0 Å². The molecule has 3 aromatic rings. The van der Waals surface area contributed by atoms with Crippen LogP contribution in [0.3, 0.4) is 0 Å². The number of hydrogen-bond donors (Lipinski definition) is 1.